The third-order valence-electron chi connectivity index (χ3n) is 11.7. The van der Waals surface area contributed by atoms with Gasteiger partial charge in [-0.1, -0.05) is 40.2 Å². The van der Waals surface area contributed by atoms with E-state index in [1.165, 1.54) is 39.8 Å². The Bertz CT molecular complexity index is 695. The second-order valence-corrected chi connectivity index (χ2v) is 15.9. The molecule has 0 N–H and O–H groups in total. The largest absolute Gasteiger partial charge is 0.110 e. The second-order valence-electron chi connectivity index (χ2n) is 14.0. The van der Waals surface area contributed by atoms with Crippen LogP contribution in [0.25, 0.3) is 0 Å². The third kappa shape index (κ3) is 3.63. The lowest BCUT2D eigenvalue weighted by molar-refractivity contribution is -0.111. The molecule has 5 fully saturated rings. The molecule has 1 saturated heterocycles. The van der Waals surface area contributed by atoms with E-state index in [4.69, 9.17) is 0 Å². The van der Waals surface area contributed by atoms with Crippen molar-refractivity contribution in [3.05, 3.63) is 12.2 Å². The van der Waals surface area contributed by atoms with Gasteiger partial charge in [0, 0.05) is 5.16 Å². The molecule has 0 nitrogen and oxygen atoms in total. The average Bonchev–Trinajstić information content (AvgIpc) is 3.30. The second kappa shape index (κ2) is 8.14. The van der Waals surface area contributed by atoms with Crippen LogP contribution < -0.4 is 0 Å². The zero-order valence-electron chi connectivity index (χ0n) is 21.6. The minimum atomic E-state index is 0.674. The Hall–Kier alpha value is 0.170. The number of hydrogen-bond acceptors (Lipinski definition) is 0. The minimum Gasteiger partial charge on any atom is -0.110 e. The molecule has 1 spiro atoms. The van der Waals surface area contributed by atoms with Crippen LogP contribution in [-0.2, 0) is 0 Å². The van der Waals surface area contributed by atoms with E-state index < -0.39 is 0 Å². The van der Waals surface area contributed by atoms with Crippen LogP contribution in [0.5, 0.6) is 0 Å². The summed E-state index contributed by atoms with van der Waals surface area (Å²) in [6.07, 6.45) is 15.1. The summed E-state index contributed by atoms with van der Waals surface area (Å²) in [6, 6.07) is 0. The fraction of sp³-hybridized carbons (Fsp3) is 0.933. The molecular weight excluding hydrogens is 391 g/mol. The average molecular weight is 443 g/mol. The van der Waals surface area contributed by atoms with E-state index >= 15 is 0 Å². The topological polar surface area (TPSA) is 0 Å². The summed E-state index contributed by atoms with van der Waals surface area (Å²) in [6.45, 7) is 19.4. The van der Waals surface area contributed by atoms with Crippen LogP contribution in [0.2, 0.25) is 0 Å². The van der Waals surface area contributed by atoms with Gasteiger partial charge in [-0.25, -0.2) is 0 Å². The van der Waals surface area contributed by atoms with Crippen molar-refractivity contribution >= 4 is 8.58 Å². The maximum Gasteiger partial charge on any atom is 0.000800 e. The molecule has 0 aromatic heterocycles. The van der Waals surface area contributed by atoms with Crippen molar-refractivity contribution < 1.29 is 0 Å². The Labute approximate surface area is 196 Å². The zero-order valence-corrected chi connectivity index (χ0v) is 22.6. The van der Waals surface area contributed by atoms with Crippen molar-refractivity contribution in [3.8, 4) is 0 Å². The van der Waals surface area contributed by atoms with E-state index in [2.05, 4.69) is 48.1 Å². The van der Waals surface area contributed by atoms with E-state index in [1.54, 1.807) is 38.5 Å². The van der Waals surface area contributed by atoms with Gasteiger partial charge in [0.1, 0.15) is 0 Å². The number of fused-ring (bicyclic) bond motifs is 4. The molecule has 5 rings (SSSR count). The van der Waals surface area contributed by atoms with E-state index in [-0.39, 0.29) is 0 Å². The van der Waals surface area contributed by atoms with Gasteiger partial charge < -0.3 is 0 Å². The van der Waals surface area contributed by atoms with Gasteiger partial charge in [-0.2, -0.15) is 0 Å². The summed E-state index contributed by atoms with van der Waals surface area (Å²) in [5.74, 6) is 9.10. The molecule has 4 aliphatic carbocycles. The van der Waals surface area contributed by atoms with Crippen LogP contribution in [0.15, 0.2) is 12.2 Å². The lowest BCUT2D eigenvalue weighted by atomic mass is 9.44. The van der Waals surface area contributed by atoms with E-state index in [0.29, 0.717) is 5.41 Å². The fourth-order valence-electron chi connectivity index (χ4n) is 10.3. The van der Waals surface area contributed by atoms with Gasteiger partial charge in [0.25, 0.3) is 0 Å². The molecule has 1 heterocycles. The quantitative estimate of drug-likeness (QED) is 0.284. The molecule has 1 aliphatic heterocycles. The SMILES string of the molecule is C=C(C)CCC(C)C1CCC2C3C(C)CC4CC(CC(C)C)CCC4(C)C3CC3PC312. The normalized spacial score (nSPS) is 52.2. The highest BCUT2D eigenvalue weighted by Gasteiger charge is 2.73. The highest BCUT2D eigenvalue weighted by atomic mass is 31.1. The summed E-state index contributed by atoms with van der Waals surface area (Å²) in [4.78, 5) is 0. The monoisotopic (exact) mass is 442 g/mol. The molecule has 176 valence electrons. The van der Waals surface area contributed by atoms with E-state index in [0.717, 1.165) is 64.1 Å². The molecular formula is C30H51P. The van der Waals surface area contributed by atoms with Gasteiger partial charge in [-0.3, -0.25) is 0 Å². The van der Waals surface area contributed by atoms with Gasteiger partial charge >= 0.3 is 0 Å². The van der Waals surface area contributed by atoms with Crippen LogP contribution >= 0.6 is 8.58 Å². The molecule has 0 aromatic rings. The third-order valence-corrected chi connectivity index (χ3v) is 14.0. The maximum atomic E-state index is 4.20. The minimum absolute atomic E-state index is 0.674. The summed E-state index contributed by atoms with van der Waals surface area (Å²) in [5.41, 5.74) is 3.19. The van der Waals surface area contributed by atoms with Crippen LogP contribution in [0, 0.1) is 58.7 Å². The first-order valence-electron chi connectivity index (χ1n) is 14.1. The number of hydrogen-bond donors (Lipinski definition) is 0. The molecule has 0 bridgehead atoms. The molecule has 4 saturated carbocycles. The molecule has 1 heteroatoms. The summed E-state index contributed by atoms with van der Waals surface area (Å²) >= 11 is 0. The van der Waals surface area contributed by atoms with Gasteiger partial charge in [0.2, 0.25) is 0 Å². The Morgan fingerprint density at radius 3 is 2.55 bits per heavy atom. The highest BCUT2D eigenvalue weighted by Crippen LogP contribution is 2.82. The van der Waals surface area contributed by atoms with Crippen LogP contribution in [0.1, 0.15) is 106 Å². The van der Waals surface area contributed by atoms with Crippen LogP contribution in [0.3, 0.4) is 0 Å². The predicted molar refractivity (Wildman–Crippen MR) is 138 cm³/mol. The molecule has 12 unspecified atom stereocenters. The lowest BCUT2D eigenvalue weighted by Gasteiger charge is -2.61. The molecule has 5 aliphatic rings. The number of rotatable bonds is 6. The van der Waals surface area contributed by atoms with E-state index in [1.807, 2.05) is 0 Å². The number of allylic oxidation sites excluding steroid dienone is 1. The smallest absolute Gasteiger partial charge is 0.000800 e. The Morgan fingerprint density at radius 2 is 1.84 bits per heavy atom. The molecule has 0 aromatic carbocycles. The lowest BCUT2D eigenvalue weighted by Crippen LogP contribution is -2.56. The van der Waals surface area contributed by atoms with Crippen molar-refractivity contribution in [1.82, 2.24) is 0 Å². The summed E-state index contributed by atoms with van der Waals surface area (Å²) in [7, 11) is 1.32. The van der Waals surface area contributed by atoms with Crippen molar-refractivity contribution in [1.29, 1.82) is 0 Å². The summed E-state index contributed by atoms with van der Waals surface area (Å²) in [5, 5.41) is 0.807. The molecule has 12 atom stereocenters. The van der Waals surface area contributed by atoms with Crippen LogP contribution in [0.4, 0.5) is 0 Å². The van der Waals surface area contributed by atoms with E-state index in [9.17, 15) is 0 Å². The van der Waals surface area contributed by atoms with Gasteiger partial charge in [0.15, 0.2) is 0 Å². The van der Waals surface area contributed by atoms with Crippen molar-refractivity contribution in [2.24, 2.45) is 58.7 Å². The van der Waals surface area contributed by atoms with Gasteiger partial charge in [-0.15, -0.1) is 15.2 Å². The van der Waals surface area contributed by atoms with Crippen molar-refractivity contribution in [2.75, 3.05) is 0 Å². The van der Waals surface area contributed by atoms with Gasteiger partial charge in [0.05, 0.1) is 0 Å². The summed E-state index contributed by atoms with van der Waals surface area (Å²) < 4.78 is 0. The maximum absolute atomic E-state index is 4.20. The standard InChI is InChI=1S/C30H51P/c1-18(2)8-9-20(5)24-10-11-25-28-21(6)15-23-16-22(14-19(3)4)12-13-29(23,7)26(28)17-27-30(24,25)31-27/h19-28,31H,1,8-17H2,2-7H3. The highest BCUT2D eigenvalue weighted by molar-refractivity contribution is 7.50. The van der Waals surface area contributed by atoms with Gasteiger partial charge in [-0.05, 0) is 135 Å². The molecule has 0 amide bonds. The first-order valence-corrected chi connectivity index (χ1v) is 15.2. The van der Waals surface area contributed by atoms with Crippen LogP contribution in [-0.4, -0.2) is 10.8 Å². The zero-order chi connectivity index (χ0) is 22.1. The Morgan fingerprint density at radius 1 is 1.06 bits per heavy atom. The molecule has 31 heavy (non-hydrogen) atoms. The van der Waals surface area contributed by atoms with Crippen molar-refractivity contribution in [2.45, 2.75) is 117 Å². The molecule has 0 radical (unpaired) electrons. The predicted octanol–water partition coefficient (Wildman–Crippen LogP) is 8.95. The first-order chi connectivity index (χ1) is 14.7. The Balaban J connectivity index is 1.34. The first kappa shape index (κ1) is 22.9. The van der Waals surface area contributed by atoms with Crippen molar-refractivity contribution in [3.63, 3.8) is 0 Å². The fourth-order valence-corrected chi connectivity index (χ4v) is 13.0. The Kier molecular flexibility index (Phi) is 6.02.